The van der Waals surface area contributed by atoms with E-state index in [-0.39, 0.29) is 12.1 Å². The molecule has 0 aliphatic carbocycles. The van der Waals surface area contributed by atoms with E-state index < -0.39 is 5.60 Å². The van der Waals surface area contributed by atoms with Crippen molar-refractivity contribution >= 4 is 17.7 Å². The lowest BCUT2D eigenvalue weighted by Crippen LogP contribution is -2.42. The molecule has 1 aliphatic heterocycles. The van der Waals surface area contributed by atoms with Crippen molar-refractivity contribution in [2.24, 2.45) is 0 Å². The van der Waals surface area contributed by atoms with E-state index in [9.17, 15) is 4.79 Å². The molecule has 1 atom stereocenters. The summed E-state index contributed by atoms with van der Waals surface area (Å²) in [4.78, 5) is 18.6. The molecule has 0 saturated carbocycles. The summed E-state index contributed by atoms with van der Waals surface area (Å²) in [7, 11) is 0. The van der Waals surface area contributed by atoms with Crippen LogP contribution in [0.3, 0.4) is 0 Å². The van der Waals surface area contributed by atoms with E-state index in [0.717, 1.165) is 37.1 Å². The van der Waals surface area contributed by atoms with Crippen LogP contribution >= 0.6 is 11.6 Å². The number of likely N-dealkylation sites (tertiary alicyclic amines) is 1. The first-order chi connectivity index (χ1) is 9.78. The largest absolute Gasteiger partial charge is 0.444 e. The zero-order chi connectivity index (χ0) is 15.6. The Morgan fingerprint density at radius 3 is 2.71 bits per heavy atom. The molecule has 1 aromatic heterocycles. The van der Waals surface area contributed by atoms with Crippen molar-refractivity contribution in [3.63, 3.8) is 0 Å². The fourth-order valence-corrected chi connectivity index (χ4v) is 2.88. The van der Waals surface area contributed by atoms with Gasteiger partial charge in [-0.05, 0) is 58.6 Å². The van der Waals surface area contributed by atoms with Crippen molar-refractivity contribution in [2.75, 3.05) is 6.54 Å². The smallest absolute Gasteiger partial charge is 0.410 e. The molecule has 0 radical (unpaired) electrons. The highest BCUT2D eigenvalue weighted by Crippen LogP contribution is 2.33. The van der Waals surface area contributed by atoms with E-state index >= 15 is 0 Å². The monoisotopic (exact) mass is 310 g/mol. The number of nitrogens with zero attached hydrogens (tertiary/aromatic N) is 2. The number of halogens is 1. The summed E-state index contributed by atoms with van der Waals surface area (Å²) >= 11 is 5.93. The van der Waals surface area contributed by atoms with Gasteiger partial charge in [0, 0.05) is 12.2 Å². The van der Waals surface area contributed by atoms with Gasteiger partial charge in [0.25, 0.3) is 0 Å². The van der Waals surface area contributed by atoms with Gasteiger partial charge in [-0.25, -0.2) is 9.78 Å². The summed E-state index contributed by atoms with van der Waals surface area (Å²) in [5.74, 6) is 0. The van der Waals surface area contributed by atoms with E-state index in [1.807, 2.05) is 38.7 Å². The average molecular weight is 311 g/mol. The number of rotatable bonds is 1. The van der Waals surface area contributed by atoms with Crippen molar-refractivity contribution in [1.29, 1.82) is 0 Å². The standard InChI is InChI=1S/C16H23ClN2O2/c1-11-12(8-9-14(17)18-11)13-7-5-6-10-19(13)15(20)21-16(2,3)4/h8-9,13H,5-7,10H2,1-4H3. The number of ether oxygens (including phenoxy) is 1. The Bertz CT molecular complexity index is 525. The lowest BCUT2D eigenvalue weighted by Gasteiger charge is -2.37. The van der Waals surface area contributed by atoms with Crippen molar-refractivity contribution in [1.82, 2.24) is 9.88 Å². The zero-order valence-corrected chi connectivity index (χ0v) is 13.9. The second kappa shape index (κ2) is 6.22. The third-order valence-electron chi connectivity index (χ3n) is 3.58. The molecule has 1 unspecified atom stereocenters. The van der Waals surface area contributed by atoms with E-state index in [1.54, 1.807) is 6.07 Å². The molecule has 0 N–H and O–H groups in total. The first-order valence-electron chi connectivity index (χ1n) is 7.40. The summed E-state index contributed by atoms with van der Waals surface area (Å²) in [5, 5.41) is 0.482. The van der Waals surface area contributed by atoms with Crippen LogP contribution in [0.15, 0.2) is 12.1 Å². The maximum atomic E-state index is 12.4. The SMILES string of the molecule is Cc1nc(Cl)ccc1C1CCCCN1C(=O)OC(C)(C)C. The van der Waals surface area contributed by atoms with Crippen LogP contribution in [-0.2, 0) is 4.74 Å². The molecule has 21 heavy (non-hydrogen) atoms. The van der Waals surface area contributed by atoms with Gasteiger partial charge in [-0.15, -0.1) is 0 Å². The van der Waals surface area contributed by atoms with Crippen molar-refractivity contribution in [3.8, 4) is 0 Å². The highest BCUT2D eigenvalue weighted by Gasteiger charge is 2.32. The van der Waals surface area contributed by atoms with Crippen LogP contribution in [0.5, 0.6) is 0 Å². The third-order valence-corrected chi connectivity index (χ3v) is 3.79. The normalized spacial score (nSPS) is 19.5. The van der Waals surface area contributed by atoms with E-state index in [0.29, 0.717) is 5.15 Å². The Labute approximate surface area is 131 Å². The molecular weight excluding hydrogens is 288 g/mol. The Kier molecular flexibility index (Phi) is 4.77. The third kappa shape index (κ3) is 4.10. The molecule has 1 aromatic rings. The molecule has 0 spiro atoms. The minimum absolute atomic E-state index is 0.0263. The fraction of sp³-hybridized carbons (Fsp3) is 0.625. The first kappa shape index (κ1) is 16.1. The number of aromatic nitrogens is 1. The van der Waals surface area contributed by atoms with Gasteiger partial charge in [-0.1, -0.05) is 17.7 Å². The molecule has 116 valence electrons. The van der Waals surface area contributed by atoms with Crippen molar-refractivity contribution in [2.45, 2.75) is 58.6 Å². The molecule has 5 heteroatoms. The first-order valence-corrected chi connectivity index (χ1v) is 7.78. The maximum absolute atomic E-state index is 12.4. The topological polar surface area (TPSA) is 42.4 Å². The van der Waals surface area contributed by atoms with Gasteiger partial charge in [0.05, 0.1) is 6.04 Å². The highest BCUT2D eigenvalue weighted by atomic mass is 35.5. The number of pyridine rings is 1. The number of carbonyl (C=O) groups excluding carboxylic acids is 1. The maximum Gasteiger partial charge on any atom is 0.410 e. The van der Waals surface area contributed by atoms with Gasteiger partial charge in [-0.2, -0.15) is 0 Å². The molecule has 1 amide bonds. The lowest BCUT2D eigenvalue weighted by molar-refractivity contribution is 0.00942. The van der Waals surface area contributed by atoms with Crippen LogP contribution < -0.4 is 0 Å². The van der Waals surface area contributed by atoms with Crippen LogP contribution in [0.1, 0.15) is 57.3 Å². The van der Waals surface area contributed by atoms with Crippen LogP contribution in [0, 0.1) is 6.92 Å². The molecule has 2 rings (SSSR count). The fourth-order valence-electron chi connectivity index (χ4n) is 2.69. The molecule has 0 bridgehead atoms. The number of aryl methyl sites for hydroxylation is 1. The number of amides is 1. The summed E-state index contributed by atoms with van der Waals surface area (Å²) in [6.07, 6.45) is 2.80. The predicted octanol–water partition coefficient (Wildman–Crippen LogP) is 4.51. The second-order valence-corrected chi connectivity index (χ2v) is 6.88. The molecule has 4 nitrogen and oxygen atoms in total. The Morgan fingerprint density at radius 2 is 2.10 bits per heavy atom. The Morgan fingerprint density at radius 1 is 1.38 bits per heavy atom. The quantitative estimate of drug-likeness (QED) is 0.717. The minimum atomic E-state index is -0.480. The number of carbonyl (C=O) groups is 1. The Hall–Kier alpha value is -1.29. The van der Waals surface area contributed by atoms with Crippen molar-refractivity contribution in [3.05, 3.63) is 28.5 Å². The van der Waals surface area contributed by atoms with Crippen LogP contribution in [0.25, 0.3) is 0 Å². The summed E-state index contributed by atoms with van der Waals surface area (Å²) < 4.78 is 5.53. The molecule has 1 fully saturated rings. The van der Waals surface area contributed by atoms with E-state index in [4.69, 9.17) is 16.3 Å². The minimum Gasteiger partial charge on any atom is -0.444 e. The average Bonchev–Trinajstić information content (AvgIpc) is 2.37. The Balaban J connectivity index is 2.24. The van der Waals surface area contributed by atoms with Gasteiger partial charge in [-0.3, -0.25) is 0 Å². The van der Waals surface area contributed by atoms with Crippen LogP contribution in [0.2, 0.25) is 5.15 Å². The van der Waals surface area contributed by atoms with Gasteiger partial charge >= 0.3 is 6.09 Å². The lowest BCUT2D eigenvalue weighted by atomic mass is 9.95. The van der Waals surface area contributed by atoms with Gasteiger partial charge in [0.2, 0.25) is 0 Å². The van der Waals surface area contributed by atoms with E-state index in [1.165, 1.54) is 0 Å². The number of hydrogen-bond acceptors (Lipinski definition) is 3. The van der Waals surface area contributed by atoms with Crippen molar-refractivity contribution < 1.29 is 9.53 Å². The molecular formula is C16H23ClN2O2. The number of piperidine rings is 1. The van der Waals surface area contributed by atoms with Gasteiger partial charge < -0.3 is 9.64 Å². The predicted molar refractivity (Wildman–Crippen MR) is 83.5 cm³/mol. The summed E-state index contributed by atoms with van der Waals surface area (Å²) in [6, 6.07) is 3.78. The van der Waals surface area contributed by atoms with Gasteiger partial charge in [0.15, 0.2) is 0 Å². The van der Waals surface area contributed by atoms with E-state index in [2.05, 4.69) is 4.98 Å². The van der Waals surface area contributed by atoms with Crippen LogP contribution in [0.4, 0.5) is 4.79 Å². The second-order valence-electron chi connectivity index (χ2n) is 6.49. The molecule has 1 aliphatic rings. The van der Waals surface area contributed by atoms with Crippen LogP contribution in [-0.4, -0.2) is 28.1 Å². The molecule has 1 saturated heterocycles. The molecule has 2 heterocycles. The summed E-state index contributed by atoms with van der Waals surface area (Å²) in [6.45, 7) is 8.32. The summed E-state index contributed by atoms with van der Waals surface area (Å²) in [5.41, 5.74) is 1.46. The zero-order valence-electron chi connectivity index (χ0n) is 13.1. The highest BCUT2D eigenvalue weighted by molar-refractivity contribution is 6.29. The molecule has 0 aromatic carbocycles. The number of hydrogen-bond donors (Lipinski definition) is 0. The van der Waals surface area contributed by atoms with Gasteiger partial charge in [0.1, 0.15) is 10.8 Å².